The number of carboxylic acid groups (broad SMARTS) is 1. The first-order valence-corrected chi connectivity index (χ1v) is 5.55. The van der Waals surface area contributed by atoms with E-state index in [1.807, 2.05) is 0 Å². The molecule has 1 N–H and O–H groups in total. The van der Waals surface area contributed by atoms with Crippen LogP contribution in [0, 0.1) is 5.92 Å². The zero-order valence-electron chi connectivity index (χ0n) is 9.81. The number of ether oxygens (including phenoxy) is 1. The minimum absolute atomic E-state index is 0.0412. The molecule has 0 spiro atoms. The van der Waals surface area contributed by atoms with E-state index in [4.69, 9.17) is 9.84 Å². The van der Waals surface area contributed by atoms with Crippen molar-refractivity contribution >= 4 is 11.9 Å². The van der Waals surface area contributed by atoms with Crippen molar-refractivity contribution < 1.29 is 19.4 Å². The molecular formula is C11H19NO4. The maximum Gasteiger partial charge on any atom is 0.306 e. The molecule has 92 valence electrons. The van der Waals surface area contributed by atoms with E-state index in [0.29, 0.717) is 12.8 Å². The van der Waals surface area contributed by atoms with Gasteiger partial charge in [-0.1, -0.05) is 0 Å². The molecule has 1 aliphatic carbocycles. The van der Waals surface area contributed by atoms with Crippen LogP contribution in [0.5, 0.6) is 0 Å². The number of hydrogen-bond donors (Lipinski definition) is 1. The lowest BCUT2D eigenvalue weighted by atomic mass is 9.87. The van der Waals surface area contributed by atoms with Gasteiger partial charge in [0.15, 0.2) is 0 Å². The molecule has 0 unspecified atom stereocenters. The molecule has 1 fully saturated rings. The monoisotopic (exact) mass is 229 g/mol. The molecule has 0 heterocycles. The summed E-state index contributed by atoms with van der Waals surface area (Å²) in [6.45, 7) is 0.0927. The van der Waals surface area contributed by atoms with Gasteiger partial charge in [0.25, 0.3) is 0 Å². The fourth-order valence-corrected chi connectivity index (χ4v) is 1.79. The summed E-state index contributed by atoms with van der Waals surface area (Å²) < 4.78 is 5.45. The largest absolute Gasteiger partial charge is 0.481 e. The van der Waals surface area contributed by atoms with E-state index in [9.17, 15) is 9.59 Å². The van der Waals surface area contributed by atoms with Crippen molar-refractivity contribution in [1.82, 2.24) is 4.90 Å². The van der Waals surface area contributed by atoms with Crippen molar-refractivity contribution in [3.63, 3.8) is 0 Å². The zero-order chi connectivity index (χ0) is 12.1. The summed E-state index contributed by atoms with van der Waals surface area (Å²) in [6, 6.07) is 0. The zero-order valence-corrected chi connectivity index (χ0v) is 9.81. The summed E-state index contributed by atoms with van der Waals surface area (Å²) in [4.78, 5) is 23.5. The van der Waals surface area contributed by atoms with Crippen LogP contribution in [0.1, 0.15) is 25.7 Å². The molecule has 0 aromatic carbocycles. The molecule has 0 radical (unpaired) electrons. The molecule has 1 rings (SSSR count). The Morgan fingerprint density at radius 3 is 2.25 bits per heavy atom. The van der Waals surface area contributed by atoms with Crippen LogP contribution in [-0.2, 0) is 14.3 Å². The summed E-state index contributed by atoms with van der Waals surface area (Å²) in [7, 11) is 3.38. The lowest BCUT2D eigenvalue weighted by molar-refractivity contribution is -0.145. The van der Waals surface area contributed by atoms with E-state index in [0.717, 1.165) is 12.8 Å². The average Bonchev–Trinajstić information content (AvgIpc) is 2.26. The summed E-state index contributed by atoms with van der Waals surface area (Å²) in [5, 5.41) is 8.81. The van der Waals surface area contributed by atoms with Gasteiger partial charge in [0.1, 0.15) is 6.61 Å². The van der Waals surface area contributed by atoms with Crippen LogP contribution in [0.25, 0.3) is 0 Å². The summed E-state index contributed by atoms with van der Waals surface area (Å²) in [5.74, 6) is -1.01. The van der Waals surface area contributed by atoms with Crippen molar-refractivity contribution in [2.45, 2.75) is 31.8 Å². The number of likely N-dealkylation sites (N-methyl/N-ethyl adjacent to an activating group) is 1. The maximum absolute atomic E-state index is 11.3. The van der Waals surface area contributed by atoms with Gasteiger partial charge in [0.05, 0.1) is 12.0 Å². The first kappa shape index (κ1) is 13.0. The molecule has 0 atom stereocenters. The number of aliphatic carboxylic acids is 1. The highest BCUT2D eigenvalue weighted by Crippen LogP contribution is 2.26. The molecule has 1 saturated carbocycles. The van der Waals surface area contributed by atoms with Crippen LogP contribution in [0.15, 0.2) is 0 Å². The highest BCUT2D eigenvalue weighted by atomic mass is 16.5. The van der Waals surface area contributed by atoms with Gasteiger partial charge in [0.2, 0.25) is 5.91 Å². The van der Waals surface area contributed by atoms with Crippen molar-refractivity contribution in [2.75, 3.05) is 20.7 Å². The number of carbonyl (C=O) groups excluding carboxylic acids is 1. The predicted octanol–water partition coefficient (Wildman–Crippen LogP) is 0.735. The van der Waals surface area contributed by atoms with Crippen LogP contribution in [0.2, 0.25) is 0 Å². The number of nitrogens with zero attached hydrogens (tertiary/aromatic N) is 1. The van der Waals surface area contributed by atoms with Crippen LogP contribution in [-0.4, -0.2) is 48.7 Å². The third-order valence-corrected chi connectivity index (χ3v) is 2.96. The normalized spacial score (nSPS) is 25.1. The molecule has 5 heteroatoms. The molecule has 0 bridgehead atoms. The van der Waals surface area contributed by atoms with E-state index in [1.165, 1.54) is 4.90 Å². The van der Waals surface area contributed by atoms with E-state index in [1.54, 1.807) is 14.1 Å². The number of hydrogen-bond acceptors (Lipinski definition) is 3. The Morgan fingerprint density at radius 2 is 1.81 bits per heavy atom. The Balaban J connectivity index is 2.22. The Bertz CT molecular complexity index is 257. The third kappa shape index (κ3) is 3.81. The first-order valence-electron chi connectivity index (χ1n) is 5.55. The molecule has 5 nitrogen and oxygen atoms in total. The third-order valence-electron chi connectivity index (χ3n) is 2.96. The smallest absolute Gasteiger partial charge is 0.306 e. The number of carbonyl (C=O) groups is 2. The Morgan fingerprint density at radius 1 is 1.25 bits per heavy atom. The number of carboxylic acids is 1. The quantitative estimate of drug-likeness (QED) is 0.772. The molecule has 1 aliphatic rings. The lowest BCUT2D eigenvalue weighted by Gasteiger charge is -2.26. The first-order chi connectivity index (χ1) is 7.50. The van der Waals surface area contributed by atoms with Crippen molar-refractivity contribution in [3.05, 3.63) is 0 Å². The molecule has 0 aromatic rings. The summed E-state index contributed by atoms with van der Waals surface area (Å²) >= 11 is 0. The van der Waals surface area contributed by atoms with Gasteiger partial charge in [-0.3, -0.25) is 9.59 Å². The molecular weight excluding hydrogens is 210 g/mol. The second kappa shape index (κ2) is 5.84. The van der Waals surface area contributed by atoms with Crippen LogP contribution in [0.3, 0.4) is 0 Å². The lowest BCUT2D eigenvalue weighted by Crippen LogP contribution is -2.31. The highest BCUT2D eigenvalue weighted by molar-refractivity contribution is 5.76. The second-order valence-corrected chi connectivity index (χ2v) is 4.41. The van der Waals surface area contributed by atoms with Gasteiger partial charge in [-0.05, 0) is 25.7 Å². The highest BCUT2D eigenvalue weighted by Gasteiger charge is 2.26. The Hall–Kier alpha value is -1.10. The van der Waals surface area contributed by atoms with Crippen LogP contribution in [0.4, 0.5) is 0 Å². The minimum Gasteiger partial charge on any atom is -0.481 e. The van der Waals surface area contributed by atoms with Crippen molar-refractivity contribution in [2.24, 2.45) is 5.92 Å². The molecule has 16 heavy (non-hydrogen) atoms. The number of rotatable bonds is 4. The fraction of sp³-hybridized carbons (Fsp3) is 0.818. The predicted molar refractivity (Wildman–Crippen MR) is 58.0 cm³/mol. The van der Waals surface area contributed by atoms with Gasteiger partial charge < -0.3 is 14.7 Å². The van der Waals surface area contributed by atoms with E-state index in [2.05, 4.69) is 0 Å². The van der Waals surface area contributed by atoms with Gasteiger partial charge in [0, 0.05) is 14.1 Å². The van der Waals surface area contributed by atoms with E-state index < -0.39 is 5.97 Å². The van der Waals surface area contributed by atoms with Gasteiger partial charge in [-0.25, -0.2) is 0 Å². The standard InChI is InChI=1S/C11H19NO4/c1-12(2)10(13)7-16-9-5-3-8(4-6-9)11(14)15/h8-9H,3-7H2,1-2H3,(H,14,15). The SMILES string of the molecule is CN(C)C(=O)COC1CCC(C(=O)O)CC1. The van der Waals surface area contributed by atoms with E-state index in [-0.39, 0.29) is 24.5 Å². The van der Waals surface area contributed by atoms with Crippen molar-refractivity contribution in [3.8, 4) is 0 Å². The number of amides is 1. The second-order valence-electron chi connectivity index (χ2n) is 4.41. The molecule has 1 amide bonds. The summed E-state index contributed by atoms with van der Waals surface area (Å²) in [5.41, 5.74) is 0. The van der Waals surface area contributed by atoms with Crippen LogP contribution >= 0.6 is 0 Å². The topological polar surface area (TPSA) is 66.8 Å². The minimum atomic E-state index is -0.720. The average molecular weight is 229 g/mol. The molecule has 0 aliphatic heterocycles. The van der Waals surface area contributed by atoms with Gasteiger partial charge >= 0.3 is 5.97 Å². The fourth-order valence-electron chi connectivity index (χ4n) is 1.79. The molecule has 0 aromatic heterocycles. The Kier molecular flexibility index (Phi) is 4.73. The molecule has 0 saturated heterocycles. The Labute approximate surface area is 95.4 Å². The van der Waals surface area contributed by atoms with Gasteiger partial charge in [-0.2, -0.15) is 0 Å². The van der Waals surface area contributed by atoms with Crippen molar-refractivity contribution in [1.29, 1.82) is 0 Å². The van der Waals surface area contributed by atoms with Gasteiger partial charge in [-0.15, -0.1) is 0 Å². The van der Waals surface area contributed by atoms with Crippen LogP contribution < -0.4 is 0 Å². The maximum atomic E-state index is 11.3. The summed E-state index contributed by atoms with van der Waals surface area (Å²) in [6.07, 6.45) is 2.81. The van der Waals surface area contributed by atoms with E-state index >= 15 is 0 Å².